The van der Waals surface area contributed by atoms with Crippen LogP contribution in [0.25, 0.3) is 0 Å². The zero-order valence-corrected chi connectivity index (χ0v) is 13.8. The van der Waals surface area contributed by atoms with Gasteiger partial charge in [0.25, 0.3) is 0 Å². The predicted octanol–water partition coefficient (Wildman–Crippen LogP) is 0.534. The van der Waals surface area contributed by atoms with Crippen molar-refractivity contribution in [3.8, 4) is 0 Å². The van der Waals surface area contributed by atoms with Gasteiger partial charge in [-0.3, -0.25) is 4.90 Å². The molecule has 2 unspecified atom stereocenters. The van der Waals surface area contributed by atoms with Crippen LogP contribution in [-0.4, -0.2) is 85.6 Å². The van der Waals surface area contributed by atoms with Crippen molar-refractivity contribution in [3.63, 3.8) is 0 Å². The standard InChI is InChI=1S/C16H33N3O2/c1-3-6-17-16(2,14-20)5-8-18-7-4-15(13-18)19-9-11-21-12-10-19/h15,17,20H,3-14H2,1-2H3. The molecule has 0 aliphatic carbocycles. The fourth-order valence-corrected chi connectivity index (χ4v) is 3.31. The molecule has 0 aromatic rings. The molecule has 2 heterocycles. The van der Waals surface area contributed by atoms with Crippen molar-refractivity contribution < 1.29 is 9.84 Å². The molecular formula is C16H33N3O2. The first kappa shape index (κ1) is 17.2. The summed E-state index contributed by atoms with van der Waals surface area (Å²) in [6, 6.07) is 0.706. The van der Waals surface area contributed by atoms with E-state index in [9.17, 15) is 5.11 Å². The SMILES string of the molecule is CCCNC(C)(CO)CCN1CCC(N2CCOCC2)C1. The Kier molecular flexibility index (Phi) is 6.89. The Morgan fingerprint density at radius 3 is 2.71 bits per heavy atom. The molecule has 2 atom stereocenters. The number of morpholine rings is 1. The molecule has 2 N–H and O–H groups in total. The summed E-state index contributed by atoms with van der Waals surface area (Å²) in [4.78, 5) is 5.14. The molecule has 2 fully saturated rings. The van der Waals surface area contributed by atoms with E-state index in [1.165, 1.54) is 19.5 Å². The van der Waals surface area contributed by atoms with Gasteiger partial charge in [0.1, 0.15) is 0 Å². The predicted molar refractivity (Wildman–Crippen MR) is 85.6 cm³/mol. The maximum Gasteiger partial charge on any atom is 0.0611 e. The van der Waals surface area contributed by atoms with Crippen molar-refractivity contribution in [1.82, 2.24) is 15.1 Å². The summed E-state index contributed by atoms with van der Waals surface area (Å²) >= 11 is 0. The van der Waals surface area contributed by atoms with Crippen molar-refractivity contribution >= 4 is 0 Å². The smallest absolute Gasteiger partial charge is 0.0611 e. The molecule has 2 saturated heterocycles. The van der Waals surface area contributed by atoms with Crippen LogP contribution in [0.5, 0.6) is 0 Å². The number of likely N-dealkylation sites (tertiary alicyclic amines) is 1. The third-order valence-electron chi connectivity index (χ3n) is 4.94. The molecule has 2 aliphatic heterocycles. The summed E-state index contributed by atoms with van der Waals surface area (Å²) in [6.45, 7) is 12.9. The van der Waals surface area contributed by atoms with Crippen molar-refractivity contribution in [1.29, 1.82) is 0 Å². The molecule has 0 spiro atoms. The first-order valence-electron chi connectivity index (χ1n) is 8.57. The molecule has 0 aromatic heterocycles. The number of hydrogen-bond acceptors (Lipinski definition) is 5. The normalized spacial score (nSPS) is 27.9. The van der Waals surface area contributed by atoms with Crippen LogP contribution in [0.3, 0.4) is 0 Å². The van der Waals surface area contributed by atoms with Crippen LogP contribution in [0.15, 0.2) is 0 Å². The largest absolute Gasteiger partial charge is 0.394 e. The van der Waals surface area contributed by atoms with E-state index in [1.54, 1.807) is 0 Å². The maximum absolute atomic E-state index is 9.64. The highest BCUT2D eigenvalue weighted by molar-refractivity contribution is 4.88. The lowest BCUT2D eigenvalue weighted by atomic mass is 9.98. The van der Waals surface area contributed by atoms with Crippen LogP contribution < -0.4 is 5.32 Å². The first-order valence-corrected chi connectivity index (χ1v) is 8.57. The molecule has 21 heavy (non-hydrogen) atoms. The summed E-state index contributed by atoms with van der Waals surface area (Å²) in [7, 11) is 0. The van der Waals surface area contributed by atoms with Gasteiger partial charge in [-0.15, -0.1) is 0 Å². The van der Waals surface area contributed by atoms with Gasteiger partial charge in [0.05, 0.1) is 19.8 Å². The van der Waals surface area contributed by atoms with E-state index in [0.717, 1.165) is 52.2 Å². The van der Waals surface area contributed by atoms with E-state index in [4.69, 9.17) is 4.74 Å². The maximum atomic E-state index is 9.64. The average molecular weight is 299 g/mol. The van der Waals surface area contributed by atoms with Crippen LogP contribution in [0, 0.1) is 0 Å². The molecule has 0 aromatic carbocycles. The van der Waals surface area contributed by atoms with Crippen molar-refractivity contribution in [2.45, 2.75) is 44.7 Å². The number of ether oxygens (including phenoxy) is 1. The second-order valence-corrected chi connectivity index (χ2v) is 6.79. The molecule has 0 radical (unpaired) electrons. The second kappa shape index (κ2) is 8.44. The van der Waals surface area contributed by atoms with Gasteiger partial charge in [0, 0.05) is 37.8 Å². The first-order chi connectivity index (χ1) is 10.2. The van der Waals surface area contributed by atoms with Crippen molar-refractivity contribution in [2.75, 3.05) is 59.1 Å². The van der Waals surface area contributed by atoms with E-state index in [-0.39, 0.29) is 12.1 Å². The van der Waals surface area contributed by atoms with Gasteiger partial charge in [-0.1, -0.05) is 6.92 Å². The third kappa shape index (κ3) is 5.18. The number of aliphatic hydroxyl groups is 1. The third-order valence-corrected chi connectivity index (χ3v) is 4.94. The highest BCUT2D eigenvalue weighted by Crippen LogP contribution is 2.19. The highest BCUT2D eigenvalue weighted by Gasteiger charge is 2.30. The number of nitrogens with zero attached hydrogens (tertiary/aromatic N) is 2. The van der Waals surface area contributed by atoms with E-state index in [0.29, 0.717) is 6.04 Å². The van der Waals surface area contributed by atoms with E-state index < -0.39 is 0 Å². The van der Waals surface area contributed by atoms with Gasteiger partial charge in [0.2, 0.25) is 0 Å². The van der Waals surface area contributed by atoms with Gasteiger partial charge < -0.3 is 20.1 Å². The molecule has 0 bridgehead atoms. The summed E-state index contributed by atoms with van der Waals surface area (Å²) < 4.78 is 5.44. The summed E-state index contributed by atoms with van der Waals surface area (Å²) in [5.74, 6) is 0. The second-order valence-electron chi connectivity index (χ2n) is 6.79. The molecule has 2 aliphatic rings. The molecule has 5 nitrogen and oxygen atoms in total. The minimum atomic E-state index is -0.132. The Labute approximate surface area is 129 Å². The summed E-state index contributed by atoms with van der Waals surface area (Å²) in [5, 5.41) is 13.1. The molecular weight excluding hydrogens is 266 g/mol. The van der Waals surface area contributed by atoms with Crippen LogP contribution in [0.2, 0.25) is 0 Å². The number of nitrogens with one attached hydrogen (secondary N) is 1. The average Bonchev–Trinajstić information content (AvgIpc) is 3.01. The fraction of sp³-hybridized carbons (Fsp3) is 1.00. The van der Waals surface area contributed by atoms with Gasteiger partial charge in [-0.25, -0.2) is 0 Å². The monoisotopic (exact) mass is 299 g/mol. The van der Waals surface area contributed by atoms with Gasteiger partial charge >= 0.3 is 0 Å². The van der Waals surface area contributed by atoms with Crippen molar-refractivity contribution in [3.05, 3.63) is 0 Å². The van der Waals surface area contributed by atoms with Crippen molar-refractivity contribution in [2.24, 2.45) is 0 Å². The Morgan fingerprint density at radius 1 is 1.29 bits per heavy atom. The van der Waals surface area contributed by atoms with Gasteiger partial charge in [-0.2, -0.15) is 0 Å². The zero-order chi connectivity index (χ0) is 15.1. The molecule has 124 valence electrons. The summed E-state index contributed by atoms with van der Waals surface area (Å²) in [5.41, 5.74) is -0.132. The summed E-state index contributed by atoms with van der Waals surface area (Å²) in [6.07, 6.45) is 3.40. The lowest BCUT2D eigenvalue weighted by Crippen LogP contribution is -2.48. The molecule has 2 rings (SSSR count). The molecule has 0 amide bonds. The topological polar surface area (TPSA) is 48.0 Å². The minimum Gasteiger partial charge on any atom is -0.394 e. The van der Waals surface area contributed by atoms with Crippen LogP contribution in [0.4, 0.5) is 0 Å². The number of aliphatic hydroxyl groups excluding tert-OH is 1. The minimum absolute atomic E-state index is 0.132. The Bertz CT molecular complexity index is 297. The lowest BCUT2D eigenvalue weighted by molar-refractivity contribution is 0.0183. The van der Waals surface area contributed by atoms with E-state index in [2.05, 4.69) is 29.0 Å². The van der Waals surface area contributed by atoms with Gasteiger partial charge in [0.15, 0.2) is 0 Å². The Hall–Kier alpha value is -0.200. The van der Waals surface area contributed by atoms with Crippen LogP contribution >= 0.6 is 0 Å². The number of hydrogen-bond donors (Lipinski definition) is 2. The lowest BCUT2D eigenvalue weighted by Gasteiger charge is -2.33. The van der Waals surface area contributed by atoms with E-state index >= 15 is 0 Å². The van der Waals surface area contributed by atoms with Gasteiger partial charge in [-0.05, 0) is 39.3 Å². The quantitative estimate of drug-likeness (QED) is 0.685. The van der Waals surface area contributed by atoms with Crippen LogP contribution in [-0.2, 0) is 4.74 Å². The van der Waals surface area contributed by atoms with E-state index in [1.807, 2.05) is 0 Å². The fourth-order valence-electron chi connectivity index (χ4n) is 3.31. The van der Waals surface area contributed by atoms with Crippen LogP contribution in [0.1, 0.15) is 33.1 Å². The Morgan fingerprint density at radius 2 is 2.05 bits per heavy atom. The Balaban J connectivity index is 1.71. The molecule has 5 heteroatoms. The number of rotatable bonds is 8. The zero-order valence-electron chi connectivity index (χ0n) is 13.8. The molecule has 0 saturated carbocycles. The highest BCUT2D eigenvalue weighted by atomic mass is 16.5.